The molecule has 4 nitrogen and oxygen atoms in total. The smallest absolute Gasteiger partial charge is 0.246 e. The fourth-order valence-electron chi connectivity index (χ4n) is 0.685. The van der Waals surface area contributed by atoms with Gasteiger partial charge in [-0.1, -0.05) is 6.92 Å². The van der Waals surface area contributed by atoms with Crippen LogP contribution < -0.4 is 11.1 Å². The number of hydrogen-bond acceptors (Lipinski definition) is 3. The van der Waals surface area contributed by atoms with Gasteiger partial charge in [-0.25, -0.2) is 0 Å². The van der Waals surface area contributed by atoms with E-state index in [9.17, 15) is 4.79 Å². The monoisotopic (exact) mass is 174 g/mol. The van der Waals surface area contributed by atoms with Crippen LogP contribution in [0.2, 0.25) is 0 Å². The van der Waals surface area contributed by atoms with Gasteiger partial charge in [-0.2, -0.15) is 0 Å². The number of hydrogen-bond donors (Lipinski definition) is 2. The first kappa shape index (κ1) is 11.4. The van der Waals surface area contributed by atoms with E-state index in [1.165, 1.54) is 0 Å². The van der Waals surface area contributed by atoms with E-state index in [2.05, 4.69) is 5.32 Å². The third-order valence-electron chi connectivity index (χ3n) is 1.34. The third kappa shape index (κ3) is 6.12. The van der Waals surface area contributed by atoms with Gasteiger partial charge in [-0.3, -0.25) is 4.79 Å². The van der Waals surface area contributed by atoms with Gasteiger partial charge in [-0.05, 0) is 13.3 Å². The van der Waals surface area contributed by atoms with Crippen molar-refractivity contribution >= 4 is 5.91 Å². The Morgan fingerprint density at radius 1 is 1.67 bits per heavy atom. The first-order valence-electron chi connectivity index (χ1n) is 4.27. The average molecular weight is 174 g/mol. The Morgan fingerprint density at radius 3 is 2.83 bits per heavy atom. The second-order valence-electron chi connectivity index (χ2n) is 2.76. The van der Waals surface area contributed by atoms with Crippen molar-refractivity contribution in [3.8, 4) is 0 Å². The van der Waals surface area contributed by atoms with Crippen LogP contribution in [-0.4, -0.2) is 31.7 Å². The summed E-state index contributed by atoms with van der Waals surface area (Å²) < 4.78 is 5.04. The summed E-state index contributed by atoms with van der Waals surface area (Å²) in [6, 6.07) is 0.0303. The molecule has 0 saturated heterocycles. The first-order chi connectivity index (χ1) is 5.70. The van der Waals surface area contributed by atoms with Gasteiger partial charge in [0.2, 0.25) is 5.91 Å². The summed E-state index contributed by atoms with van der Waals surface area (Å²) in [6.45, 7) is 5.08. The molecule has 0 aliphatic heterocycles. The van der Waals surface area contributed by atoms with Crippen molar-refractivity contribution in [3.05, 3.63) is 0 Å². The third-order valence-corrected chi connectivity index (χ3v) is 1.34. The summed E-state index contributed by atoms with van der Waals surface area (Å²) in [5, 5.41) is 2.70. The van der Waals surface area contributed by atoms with E-state index in [0.717, 1.165) is 6.42 Å². The Hall–Kier alpha value is -0.610. The van der Waals surface area contributed by atoms with Crippen molar-refractivity contribution < 1.29 is 9.53 Å². The fraction of sp³-hybridized carbons (Fsp3) is 0.875. The summed E-state index contributed by atoms with van der Waals surface area (Å²) in [5.41, 5.74) is 5.32. The van der Waals surface area contributed by atoms with Gasteiger partial charge in [0.05, 0.1) is 0 Å². The molecule has 12 heavy (non-hydrogen) atoms. The molecule has 0 heterocycles. The Labute approximate surface area is 73.5 Å². The highest BCUT2D eigenvalue weighted by atomic mass is 16.5. The number of rotatable bonds is 6. The topological polar surface area (TPSA) is 64.3 Å². The van der Waals surface area contributed by atoms with Crippen LogP contribution in [-0.2, 0) is 9.53 Å². The van der Waals surface area contributed by atoms with Crippen LogP contribution in [0.5, 0.6) is 0 Å². The predicted octanol–water partition coefficient (Wildman–Crippen LogP) is -0.124. The van der Waals surface area contributed by atoms with Crippen LogP contribution >= 0.6 is 0 Å². The van der Waals surface area contributed by atoms with Crippen LogP contribution in [0.15, 0.2) is 0 Å². The zero-order valence-electron chi connectivity index (χ0n) is 7.80. The molecule has 0 fully saturated rings. The first-order valence-corrected chi connectivity index (χ1v) is 4.27. The van der Waals surface area contributed by atoms with E-state index in [4.69, 9.17) is 10.5 Å². The molecular formula is C8H18N2O2. The molecule has 0 rings (SSSR count). The Kier molecular flexibility index (Phi) is 6.70. The number of ether oxygens (including phenoxy) is 1. The van der Waals surface area contributed by atoms with Crippen LogP contribution in [0.1, 0.15) is 20.3 Å². The second-order valence-corrected chi connectivity index (χ2v) is 2.76. The number of carbonyl (C=O) groups is 1. The zero-order valence-corrected chi connectivity index (χ0v) is 7.80. The zero-order chi connectivity index (χ0) is 9.40. The van der Waals surface area contributed by atoms with E-state index in [-0.39, 0.29) is 18.6 Å². The van der Waals surface area contributed by atoms with Crippen molar-refractivity contribution in [2.45, 2.75) is 26.3 Å². The van der Waals surface area contributed by atoms with E-state index in [1.807, 2.05) is 13.8 Å². The molecule has 0 bridgehead atoms. The van der Waals surface area contributed by atoms with Gasteiger partial charge < -0.3 is 15.8 Å². The predicted molar refractivity (Wildman–Crippen MR) is 47.8 cm³/mol. The van der Waals surface area contributed by atoms with Crippen LogP contribution in [0, 0.1) is 0 Å². The summed E-state index contributed by atoms with van der Waals surface area (Å²) in [7, 11) is 0. The summed E-state index contributed by atoms with van der Waals surface area (Å²) in [4.78, 5) is 11.0. The molecule has 72 valence electrons. The normalized spacial score (nSPS) is 12.6. The molecule has 1 amide bonds. The SMILES string of the molecule is CCCOCC(=O)N[C@H](C)CN. The van der Waals surface area contributed by atoms with Gasteiger partial charge in [0.1, 0.15) is 6.61 Å². The fourth-order valence-corrected chi connectivity index (χ4v) is 0.685. The lowest BCUT2D eigenvalue weighted by molar-refractivity contribution is -0.126. The van der Waals surface area contributed by atoms with Crippen molar-refractivity contribution in [1.29, 1.82) is 0 Å². The Balaban J connectivity index is 3.33. The van der Waals surface area contributed by atoms with Gasteiger partial charge in [0, 0.05) is 19.2 Å². The van der Waals surface area contributed by atoms with Crippen molar-refractivity contribution in [1.82, 2.24) is 5.32 Å². The molecule has 0 radical (unpaired) electrons. The highest BCUT2D eigenvalue weighted by Gasteiger charge is 2.04. The number of nitrogens with one attached hydrogen (secondary N) is 1. The molecule has 1 atom stereocenters. The van der Waals surface area contributed by atoms with Crippen LogP contribution in [0.25, 0.3) is 0 Å². The summed E-state index contributed by atoms with van der Waals surface area (Å²) in [6.07, 6.45) is 0.930. The standard InChI is InChI=1S/C8H18N2O2/c1-3-4-12-6-8(11)10-7(2)5-9/h7H,3-6,9H2,1-2H3,(H,10,11)/t7-/m1/s1. The minimum Gasteiger partial charge on any atom is -0.372 e. The van der Waals surface area contributed by atoms with E-state index < -0.39 is 0 Å². The molecule has 0 spiro atoms. The largest absolute Gasteiger partial charge is 0.372 e. The molecule has 0 aliphatic carbocycles. The lowest BCUT2D eigenvalue weighted by atomic mass is 10.3. The van der Waals surface area contributed by atoms with Gasteiger partial charge >= 0.3 is 0 Å². The second kappa shape index (κ2) is 7.06. The quantitative estimate of drug-likeness (QED) is 0.552. The Bertz CT molecular complexity index is 128. The number of carbonyl (C=O) groups excluding carboxylic acids is 1. The van der Waals surface area contributed by atoms with Gasteiger partial charge in [0.15, 0.2) is 0 Å². The number of nitrogens with two attached hydrogens (primary N) is 1. The van der Waals surface area contributed by atoms with Crippen molar-refractivity contribution in [3.63, 3.8) is 0 Å². The molecule has 0 aromatic rings. The van der Waals surface area contributed by atoms with Crippen LogP contribution in [0.4, 0.5) is 0 Å². The summed E-state index contributed by atoms with van der Waals surface area (Å²) >= 11 is 0. The maximum absolute atomic E-state index is 11.0. The molecule has 0 aliphatic rings. The van der Waals surface area contributed by atoms with E-state index in [0.29, 0.717) is 13.2 Å². The molecule has 3 N–H and O–H groups in total. The maximum Gasteiger partial charge on any atom is 0.246 e. The molecule has 0 saturated carbocycles. The Morgan fingerprint density at radius 2 is 2.33 bits per heavy atom. The molecule has 0 aromatic carbocycles. The number of amides is 1. The van der Waals surface area contributed by atoms with Crippen molar-refractivity contribution in [2.75, 3.05) is 19.8 Å². The lowest BCUT2D eigenvalue weighted by Gasteiger charge is -2.10. The van der Waals surface area contributed by atoms with Crippen LogP contribution in [0.3, 0.4) is 0 Å². The minimum atomic E-state index is -0.0959. The minimum absolute atomic E-state index is 0.0303. The van der Waals surface area contributed by atoms with Gasteiger partial charge in [-0.15, -0.1) is 0 Å². The lowest BCUT2D eigenvalue weighted by Crippen LogP contribution is -2.39. The molecule has 4 heteroatoms. The molecule has 0 unspecified atom stereocenters. The highest BCUT2D eigenvalue weighted by Crippen LogP contribution is 1.82. The van der Waals surface area contributed by atoms with E-state index in [1.54, 1.807) is 0 Å². The van der Waals surface area contributed by atoms with E-state index >= 15 is 0 Å². The molecular weight excluding hydrogens is 156 g/mol. The van der Waals surface area contributed by atoms with Crippen molar-refractivity contribution in [2.24, 2.45) is 5.73 Å². The average Bonchev–Trinajstić information content (AvgIpc) is 2.05. The van der Waals surface area contributed by atoms with Gasteiger partial charge in [0.25, 0.3) is 0 Å². The summed E-state index contributed by atoms with van der Waals surface area (Å²) in [5.74, 6) is -0.0959. The maximum atomic E-state index is 11.0. The molecule has 0 aromatic heterocycles. The highest BCUT2D eigenvalue weighted by molar-refractivity contribution is 5.77.